The van der Waals surface area contributed by atoms with Crippen LogP contribution in [0.2, 0.25) is 0 Å². The summed E-state index contributed by atoms with van der Waals surface area (Å²) in [5, 5.41) is -0.0415. The van der Waals surface area contributed by atoms with Gasteiger partial charge in [0.05, 0.1) is 16.4 Å². The number of aromatic nitrogens is 2. The maximum Gasteiger partial charge on any atom is 0.128 e. The largest absolute Gasteiger partial charge is 0.321 e. The summed E-state index contributed by atoms with van der Waals surface area (Å²) >= 11 is 6.27. The molecule has 1 aliphatic rings. The highest BCUT2D eigenvalue weighted by Gasteiger charge is 2.42. The van der Waals surface area contributed by atoms with Crippen molar-refractivity contribution in [2.45, 2.75) is 44.5 Å². The highest BCUT2D eigenvalue weighted by Crippen LogP contribution is 2.46. The van der Waals surface area contributed by atoms with Gasteiger partial charge in [-0.1, -0.05) is 6.07 Å². The molecule has 1 atom stereocenters. The monoisotopic (exact) mass is 248 g/mol. The predicted octanol–water partition coefficient (Wildman–Crippen LogP) is 4.15. The van der Waals surface area contributed by atoms with Crippen molar-refractivity contribution in [3.05, 3.63) is 29.6 Å². The topological polar surface area (TPSA) is 17.8 Å². The number of rotatable bonds is 2. The van der Waals surface area contributed by atoms with Crippen LogP contribution in [0.3, 0.4) is 0 Å². The molecule has 1 aromatic carbocycles. The van der Waals surface area contributed by atoms with Crippen molar-refractivity contribution in [2.24, 2.45) is 0 Å². The Kier molecular flexibility index (Phi) is 2.27. The fourth-order valence-electron chi connectivity index (χ4n) is 2.45. The van der Waals surface area contributed by atoms with Crippen LogP contribution in [0.1, 0.15) is 43.5 Å². The van der Waals surface area contributed by atoms with Gasteiger partial charge in [-0.3, -0.25) is 0 Å². The van der Waals surface area contributed by atoms with Crippen molar-refractivity contribution in [2.75, 3.05) is 0 Å². The van der Waals surface area contributed by atoms with Crippen LogP contribution in [0.25, 0.3) is 11.0 Å². The second-order valence-electron chi connectivity index (χ2n) is 5.41. The molecular formula is C14H17ClN2. The van der Waals surface area contributed by atoms with E-state index in [4.69, 9.17) is 16.6 Å². The molecule has 1 aromatic heterocycles. The van der Waals surface area contributed by atoms with Crippen molar-refractivity contribution < 1.29 is 0 Å². The lowest BCUT2D eigenvalue weighted by Crippen LogP contribution is -2.16. The molecule has 3 rings (SSSR count). The maximum absolute atomic E-state index is 6.27. The zero-order valence-corrected chi connectivity index (χ0v) is 11.3. The number of hydrogen-bond acceptors (Lipinski definition) is 1. The Morgan fingerprint density at radius 2 is 2.12 bits per heavy atom. The molecule has 90 valence electrons. The minimum Gasteiger partial charge on any atom is -0.321 e. The molecule has 1 fully saturated rings. The van der Waals surface area contributed by atoms with Gasteiger partial charge in [-0.25, -0.2) is 4.98 Å². The predicted molar refractivity (Wildman–Crippen MR) is 71.6 cm³/mol. The smallest absolute Gasteiger partial charge is 0.128 e. The first kappa shape index (κ1) is 11.1. The number of nitrogens with zero attached hydrogens (tertiary/aromatic N) is 2. The van der Waals surface area contributed by atoms with Gasteiger partial charge in [-0.05, 0) is 51.3 Å². The number of imidazole rings is 1. The molecule has 0 bridgehead atoms. The molecule has 3 heteroatoms. The van der Waals surface area contributed by atoms with E-state index >= 15 is 0 Å². The van der Waals surface area contributed by atoms with E-state index in [2.05, 4.69) is 36.6 Å². The third-order valence-electron chi connectivity index (χ3n) is 3.71. The van der Waals surface area contributed by atoms with E-state index < -0.39 is 0 Å². The molecule has 0 amide bonds. The quantitative estimate of drug-likeness (QED) is 0.730. The standard InChI is InChI=1S/C14H17ClN2/c1-9-4-5-12-11(8-9)16-13(10(2)15)17(12)14(3)6-7-14/h4-5,8,10H,6-7H2,1-3H3. The summed E-state index contributed by atoms with van der Waals surface area (Å²) in [4.78, 5) is 4.71. The normalized spacial score (nSPS) is 19.5. The fourth-order valence-corrected chi connectivity index (χ4v) is 2.59. The molecule has 0 saturated heterocycles. The van der Waals surface area contributed by atoms with Crippen molar-refractivity contribution in [1.82, 2.24) is 9.55 Å². The number of benzene rings is 1. The average molecular weight is 249 g/mol. The van der Waals surface area contributed by atoms with Crippen LogP contribution in [-0.2, 0) is 5.54 Å². The Balaban J connectivity index is 2.32. The number of aryl methyl sites for hydroxylation is 1. The van der Waals surface area contributed by atoms with E-state index in [1.165, 1.54) is 23.9 Å². The molecule has 17 heavy (non-hydrogen) atoms. The van der Waals surface area contributed by atoms with Crippen LogP contribution in [0.15, 0.2) is 18.2 Å². The molecule has 0 aliphatic heterocycles. The Bertz CT molecular complexity index is 579. The second-order valence-corrected chi connectivity index (χ2v) is 6.07. The molecule has 2 aromatic rings. The van der Waals surface area contributed by atoms with Crippen LogP contribution in [0.4, 0.5) is 0 Å². The second kappa shape index (κ2) is 3.49. The molecule has 1 unspecified atom stereocenters. The minimum absolute atomic E-state index is 0.0415. The van der Waals surface area contributed by atoms with Gasteiger partial charge in [-0.15, -0.1) is 11.6 Å². The Labute approximate surface area is 107 Å². The summed E-state index contributed by atoms with van der Waals surface area (Å²) in [7, 11) is 0. The van der Waals surface area contributed by atoms with Gasteiger partial charge in [0.1, 0.15) is 5.82 Å². The van der Waals surface area contributed by atoms with Gasteiger partial charge in [0.2, 0.25) is 0 Å². The third kappa shape index (κ3) is 1.66. The third-order valence-corrected chi connectivity index (χ3v) is 3.90. The SMILES string of the molecule is Cc1ccc2c(c1)nc(C(C)Cl)n2C1(C)CC1. The molecule has 0 N–H and O–H groups in total. The van der Waals surface area contributed by atoms with E-state index in [0.717, 1.165) is 11.3 Å². The first-order chi connectivity index (χ1) is 8.01. The van der Waals surface area contributed by atoms with E-state index in [9.17, 15) is 0 Å². The van der Waals surface area contributed by atoms with Crippen LogP contribution in [-0.4, -0.2) is 9.55 Å². The van der Waals surface area contributed by atoms with Crippen LogP contribution in [0.5, 0.6) is 0 Å². The molecule has 0 radical (unpaired) electrons. The molecule has 1 aliphatic carbocycles. The summed E-state index contributed by atoms with van der Waals surface area (Å²) in [6.07, 6.45) is 2.45. The van der Waals surface area contributed by atoms with Gasteiger partial charge >= 0.3 is 0 Å². The van der Waals surface area contributed by atoms with E-state index in [1.807, 2.05) is 6.92 Å². The summed E-state index contributed by atoms with van der Waals surface area (Å²) in [6.45, 7) is 6.38. The Morgan fingerprint density at radius 1 is 1.41 bits per heavy atom. The minimum atomic E-state index is -0.0415. The van der Waals surface area contributed by atoms with Crippen molar-refractivity contribution in [1.29, 1.82) is 0 Å². The number of hydrogen-bond donors (Lipinski definition) is 0. The molecule has 2 nitrogen and oxygen atoms in total. The van der Waals surface area contributed by atoms with Crippen LogP contribution < -0.4 is 0 Å². The molecule has 1 saturated carbocycles. The van der Waals surface area contributed by atoms with Gasteiger partial charge in [-0.2, -0.15) is 0 Å². The lowest BCUT2D eigenvalue weighted by molar-refractivity contribution is 0.522. The van der Waals surface area contributed by atoms with Gasteiger partial charge in [0.25, 0.3) is 0 Å². The van der Waals surface area contributed by atoms with Gasteiger partial charge < -0.3 is 4.57 Å². The maximum atomic E-state index is 6.27. The number of fused-ring (bicyclic) bond motifs is 1. The van der Waals surface area contributed by atoms with Crippen molar-refractivity contribution in [3.8, 4) is 0 Å². The van der Waals surface area contributed by atoms with Crippen molar-refractivity contribution >= 4 is 22.6 Å². The Morgan fingerprint density at radius 3 is 2.71 bits per heavy atom. The van der Waals surface area contributed by atoms with E-state index in [1.54, 1.807) is 0 Å². The number of alkyl halides is 1. The summed E-state index contributed by atoms with van der Waals surface area (Å²) in [6, 6.07) is 6.46. The first-order valence-electron chi connectivity index (χ1n) is 6.15. The summed E-state index contributed by atoms with van der Waals surface area (Å²) < 4.78 is 2.35. The number of halogens is 1. The Hall–Kier alpha value is -1.02. The van der Waals surface area contributed by atoms with Gasteiger partial charge in [0, 0.05) is 5.54 Å². The van der Waals surface area contributed by atoms with E-state index in [-0.39, 0.29) is 10.9 Å². The van der Waals surface area contributed by atoms with Crippen molar-refractivity contribution in [3.63, 3.8) is 0 Å². The fraction of sp³-hybridized carbons (Fsp3) is 0.500. The average Bonchev–Trinajstić information content (AvgIpc) is 2.88. The first-order valence-corrected chi connectivity index (χ1v) is 6.58. The zero-order valence-electron chi connectivity index (χ0n) is 10.5. The highest BCUT2D eigenvalue weighted by molar-refractivity contribution is 6.20. The molecular weight excluding hydrogens is 232 g/mol. The zero-order chi connectivity index (χ0) is 12.2. The lowest BCUT2D eigenvalue weighted by Gasteiger charge is -2.17. The molecule has 0 spiro atoms. The summed E-state index contributed by atoms with van der Waals surface area (Å²) in [5.41, 5.74) is 3.78. The van der Waals surface area contributed by atoms with E-state index in [0.29, 0.717) is 0 Å². The lowest BCUT2D eigenvalue weighted by atomic mass is 10.2. The van der Waals surface area contributed by atoms with Crippen LogP contribution in [0, 0.1) is 6.92 Å². The van der Waals surface area contributed by atoms with Gasteiger partial charge in [0.15, 0.2) is 0 Å². The van der Waals surface area contributed by atoms with Crippen LogP contribution >= 0.6 is 11.6 Å². The summed E-state index contributed by atoms with van der Waals surface area (Å²) in [5.74, 6) is 1.01. The molecule has 1 heterocycles. The highest BCUT2D eigenvalue weighted by atomic mass is 35.5.